The molecule has 1 heterocycles. The molecule has 0 saturated carbocycles. The first-order chi connectivity index (χ1) is 8.99. The van der Waals surface area contributed by atoms with Crippen LogP contribution in [0.5, 0.6) is 0 Å². The molecule has 19 heavy (non-hydrogen) atoms. The molecule has 1 aromatic heterocycles. The molecular weight excluding hydrogens is 293 g/mol. The quantitative estimate of drug-likeness (QED) is 0.911. The third-order valence-corrected chi connectivity index (χ3v) is 3.55. The van der Waals surface area contributed by atoms with E-state index < -0.39 is 17.7 Å². The molecule has 0 saturated heterocycles. The lowest BCUT2D eigenvalue weighted by Crippen LogP contribution is -2.13. The van der Waals surface area contributed by atoms with Crippen molar-refractivity contribution in [3.63, 3.8) is 0 Å². The number of hydrogen-bond donors (Lipinski definition) is 2. The molecule has 0 fully saturated rings. The molecule has 2 aromatic rings. The summed E-state index contributed by atoms with van der Waals surface area (Å²) in [5, 5.41) is 11.5. The predicted octanol–water partition coefficient (Wildman–Crippen LogP) is 3.49. The molecule has 0 aliphatic rings. The van der Waals surface area contributed by atoms with Gasteiger partial charge in [-0.05, 0) is 24.3 Å². The van der Waals surface area contributed by atoms with Gasteiger partial charge in [0.25, 0.3) is 5.91 Å². The lowest BCUT2D eigenvalue weighted by atomic mass is 10.2. The Morgan fingerprint density at radius 2 is 2.00 bits per heavy atom. The second-order valence-corrected chi connectivity index (χ2v) is 5.01. The fourth-order valence-electron chi connectivity index (χ4n) is 1.41. The third kappa shape index (κ3) is 2.91. The summed E-state index contributed by atoms with van der Waals surface area (Å²) in [6.45, 7) is 0. The van der Waals surface area contributed by atoms with Gasteiger partial charge in [-0.1, -0.05) is 17.7 Å². The molecule has 1 amide bonds. The highest BCUT2D eigenvalue weighted by molar-refractivity contribution is 7.18. The molecule has 0 spiro atoms. The van der Waals surface area contributed by atoms with Crippen LogP contribution in [0.25, 0.3) is 0 Å². The van der Waals surface area contributed by atoms with Gasteiger partial charge < -0.3 is 10.4 Å². The number of nitrogens with one attached hydrogen (secondary N) is 1. The fourth-order valence-corrected chi connectivity index (χ4v) is 2.40. The van der Waals surface area contributed by atoms with E-state index in [9.17, 15) is 14.0 Å². The van der Waals surface area contributed by atoms with Crippen LogP contribution in [0.1, 0.15) is 20.0 Å². The predicted molar refractivity (Wildman–Crippen MR) is 70.6 cm³/mol. The zero-order valence-corrected chi connectivity index (χ0v) is 10.9. The van der Waals surface area contributed by atoms with Crippen molar-refractivity contribution in [2.45, 2.75) is 0 Å². The summed E-state index contributed by atoms with van der Waals surface area (Å²) >= 11 is 6.63. The average Bonchev–Trinajstić information content (AvgIpc) is 2.77. The Kier molecular flexibility index (Phi) is 3.82. The fraction of sp³-hybridized carbons (Fsp3) is 0. The minimum absolute atomic E-state index is 0.00693. The maximum atomic E-state index is 13.5. The number of amides is 1. The van der Waals surface area contributed by atoms with Crippen molar-refractivity contribution in [1.82, 2.24) is 0 Å². The van der Waals surface area contributed by atoms with Crippen molar-refractivity contribution < 1.29 is 19.1 Å². The SMILES string of the molecule is O=C(O)c1ccc(NC(=O)c2c(F)cccc2Cl)s1. The molecule has 0 atom stereocenters. The smallest absolute Gasteiger partial charge is 0.345 e. The van der Waals surface area contributed by atoms with Crippen molar-refractivity contribution in [2.75, 3.05) is 5.32 Å². The van der Waals surface area contributed by atoms with E-state index in [0.29, 0.717) is 5.00 Å². The van der Waals surface area contributed by atoms with Gasteiger partial charge in [0.2, 0.25) is 0 Å². The Morgan fingerprint density at radius 3 is 2.58 bits per heavy atom. The van der Waals surface area contributed by atoms with Crippen molar-refractivity contribution in [3.8, 4) is 0 Å². The standard InChI is InChI=1S/C12H7ClFNO3S/c13-6-2-1-3-7(14)10(6)11(16)15-9-5-4-8(19-9)12(17)18/h1-5H,(H,15,16)(H,17,18). The zero-order chi connectivity index (χ0) is 14.0. The molecule has 98 valence electrons. The highest BCUT2D eigenvalue weighted by atomic mass is 35.5. The Hall–Kier alpha value is -1.92. The number of carbonyl (C=O) groups excluding carboxylic acids is 1. The Labute approximate surface area is 116 Å². The molecule has 0 unspecified atom stereocenters. The van der Waals surface area contributed by atoms with Crippen LogP contribution in [0.15, 0.2) is 30.3 Å². The molecule has 2 rings (SSSR count). The van der Waals surface area contributed by atoms with E-state index in [1.165, 1.54) is 24.3 Å². The lowest BCUT2D eigenvalue weighted by Gasteiger charge is -2.05. The highest BCUT2D eigenvalue weighted by Gasteiger charge is 2.17. The van der Waals surface area contributed by atoms with E-state index in [2.05, 4.69) is 5.32 Å². The van der Waals surface area contributed by atoms with Gasteiger partial charge in [-0.25, -0.2) is 9.18 Å². The van der Waals surface area contributed by atoms with E-state index in [-0.39, 0.29) is 15.5 Å². The Bertz CT molecular complexity index is 636. The first kappa shape index (κ1) is 13.5. The minimum Gasteiger partial charge on any atom is -0.477 e. The monoisotopic (exact) mass is 299 g/mol. The van der Waals surface area contributed by atoms with E-state index in [1.54, 1.807) is 0 Å². The zero-order valence-electron chi connectivity index (χ0n) is 9.31. The second-order valence-electron chi connectivity index (χ2n) is 3.52. The van der Waals surface area contributed by atoms with Gasteiger partial charge in [0.1, 0.15) is 10.7 Å². The number of benzene rings is 1. The van der Waals surface area contributed by atoms with Gasteiger partial charge in [0, 0.05) is 0 Å². The molecule has 0 aliphatic heterocycles. The Balaban J connectivity index is 2.23. The van der Waals surface area contributed by atoms with Gasteiger partial charge >= 0.3 is 5.97 Å². The largest absolute Gasteiger partial charge is 0.477 e. The summed E-state index contributed by atoms with van der Waals surface area (Å²) in [7, 11) is 0. The molecule has 0 aliphatic carbocycles. The van der Waals surface area contributed by atoms with Crippen LogP contribution in [0.4, 0.5) is 9.39 Å². The van der Waals surface area contributed by atoms with Crippen molar-refractivity contribution in [3.05, 3.63) is 51.6 Å². The number of thiophene rings is 1. The molecule has 7 heteroatoms. The van der Waals surface area contributed by atoms with E-state index in [0.717, 1.165) is 17.4 Å². The maximum Gasteiger partial charge on any atom is 0.345 e. The van der Waals surface area contributed by atoms with Gasteiger partial charge in [-0.3, -0.25) is 4.79 Å². The van der Waals surface area contributed by atoms with E-state index in [4.69, 9.17) is 16.7 Å². The molecular formula is C12H7ClFNO3S. The number of halogens is 2. The van der Waals surface area contributed by atoms with Gasteiger partial charge in [-0.15, -0.1) is 11.3 Å². The maximum absolute atomic E-state index is 13.5. The number of anilines is 1. The number of carbonyl (C=O) groups is 2. The van der Waals surface area contributed by atoms with Crippen LogP contribution < -0.4 is 5.32 Å². The minimum atomic E-state index is -1.09. The summed E-state index contributed by atoms with van der Waals surface area (Å²) in [5.41, 5.74) is -0.269. The molecule has 2 N–H and O–H groups in total. The molecule has 1 aromatic carbocycles. The molecule has 0 radical (unpaired) electrons. The van der Waals surface area contributed by atoms with Crippen LogP contribution >= 0.6 is 22.9 Å². The van der Waals surface area contributed by atoms with Crippen LogP contribution in [0.3, 0.4) is 0 Å². The number of carboxylic acids is 1. The number of rotatable bonds is 3. The van der Waals surface area contributed by atoms with Gasteiger partial charge in [0.15, 0.2) is 0 Å². The second kappa shape index (κ2) is 5.38. The van der Waals surface area contributed by atoms with Crippen LogP contribution in [-0.2, 0) is 0 Å². The highest BCUT2D eigenvalue weighted by Crippen LogP contribution is 2.25. The first-order valence-electron chi connectivity index (χ1n) is 5.07. The number of carboxylic acid groups (broad SMARTS) is 1. The number of aromatic carboxylic acids is 1. The van der Waals surface area contributed by atoms with E-state index in [1.807, 2.05) is 0 Å². The van der Waals surface area contributed by atoms with Crippen molar-refractivity contribution in [2.24, 2.45) is 0 Å². The van der Waals surface area contributed by atoms with Crippen LogP contribution in [0.2, 0.25) is 5.02 Å². The summed E-state index contributed by atoms with van der Waals surface area (Å²) in [6.07, 6.45) is 0. The first-order valence-corrected chi connectivity index (χ1v) is 6.27. The van der Waals surface area contributed by atoms with Crippen molar-refractivity contribution in [1.29, 1.82) is 0 Å². The summed E-state index contributed by atoms with van der Waals surface area (Å²) < 4.78 is 13.5. The number of hydrogen-bond acceptors (Lipinski definition) is 3. The molecule has 0 bridgehead atoms. The summed E-state index contributed by atoms with van der Waals surface area (Å²) in [5.74, 6) is -2.55. The average molecular weight is 300 g/mol. The normalized spacial score (nSPS) is 10.2. The summed E-state index contributed by atoms with van der Waals surface area (Å²) in [4.78, 5) is 22.6. The molecule has 4 nitrogen and oxygen atoms in total. The third-order valence-electron chi connectivity index (χ3n) is 2.24. The Morgan fingerprint density at radius 1 is 1.26 bits per heavy atom. The van der Waals surface area contributed by atoms with Crippen molar-refractivity contribution >= 4 is 39.8 Å². The van der Waals surface area contributed by atoms with Crippen LogP contribution in [-0.4, -0.2) is 17.0 Å². The lowest BCUT2D eigenvalue weighted by molar-refractivity contribution is 0.0702. The van der Waals surface area contributed by atoms with Crippen LogP contribution in [0, 0.1) is 5.82 Å². The van der Waals surface area contributed by atoms with Gasteiger partial charge in [-0.2, -0.15) is 0 Å². The summed E-state index contributed by atoms with van der Waals surface area (Å²) in [6, 6.07) is 6.70. The van der Waals surface area contributed by atoms with Gasteiger partial charge in [0.05, 0.1) is 15.6 Å². The topological polar surface area (TPSA) is 66.4 Å². The van der Waals surface area contributed by atoms with E-state index >= 15 is 0 Å².